The van der Waals surface area contributed by atoms with Crippen LogP contribution in [0.5, 0.6) is 0 Å². The SMILES string of the molecule is CC(=O)c1nnn(-c2nc(C)cs2)c1-c1ccccc1. The predicted molar refractivity (Wildman–Crippen MR) is 77.2 cm³/mol. The van der Waals surface area contributed by atoms with E-state index in [2.05, 4.69) is 15.3 Å². The van der Waals surface area contributed by atoms with Crippen LogP contribution in [0.15, 0.2) is 35.7 Å². The van der Waals surface area contributed by atoms with E-state index in [0.29, 0.717) is 16.5 Å². The number of thiazole rings is 1. The second kappa shape index (κ2) is 4.97. The second-order valence-electron chi connectivity index (χ2n) is 4.39. The van der Waals surface area contributed by atoms with Crippen molar-refractivity contribution in [2.75, 3.05) is 0 Å². The average Bonchev–Trinajstić information content (AvgIpc) is 3.05. The van der Waals surface area contributed by atoms with Gasteiger partial charge in [0.15, 0.2) is 11.5 Å². The van der Waals surface area contributed by atoms with Crippen molar-refractivity contribution in [3.05, 3.63) is 47.1 Å². The third-order valence-electron chi connectivity index (χ3n) is 2.84. The summed E-state index contributed by atoms with van der Waals surface area (Å²) < 4.78 is 1.63. The minimum Gasteiger partial charge on any atom is -0.293 e. The molecule has 0 saturated heterocycles. The third-order valence-corrected chi connectivity index (χ3v) is 3.77. The van der Waals surface area contributed by atoms with Gasteiger partial charge in [-0.3, -0.25) is 4.79 Å². The quantitative estimate of drug-likeness (QED) is 0.694. The fraction of sp³-hybridized carbons (Fsp3) is 0.143. The molecule has 0 N–H and O–H groups in total. The van der Waals surface area contributed by atoms with Gasteiger partial charge >= 0.3 is 0 Å². The van der Waals surface area contributed by atoms with Gasteiger partial charge in [-0.25, -0.2) is 4.98 Å². The first kappa shape index (κ1) is 12.7. The lowest BCUT2D eigenvalue weighted by molar-refractivity contribution is 0.101. The van der Waals surface area contributed by atoms with Crippen molar-refractivity contribution in [2.24, 2.45) is 0 Å². The molecule has 1 aromatic carbocycles. The van der Waals surface area contributed by atoms with E-state index in [9.17, 15) is 4.79 Å². The molecule has 6 heteroatoms. The van der Waals surface area contributed by atoms with Crippen LogP contribution in [0.4, 0.5) is 0 Å². The summed E-state index contributed by atoms with van der Waals surface area (Å²) in [7, 11) is 0. The van der Waals surface area contributed by atoms with Crippen LogP contribution >= 0.6 is 11.3 Å². The van der Waals surface area contributed by atoms with Crippen LogP contribution < -0.4 is 0 Å². The minimum atomic E-state index is -0.108. The van der Waals surface area contributed by atoms with E-state index in [1.54, 1.807) is 4.68 Å². The summed E-state index contributed by atoms with van der Waals surface area (Å²) in [5.74, 6) is -0.108. The smallest absolute Gasteiger partial charge is 0.212 e. The topological polar surface area (TPSA) is 60.7 Å². The molecule has 100 valence electrons. The predicted octanol–water partition coefficient (Wildman–Crippen LogP) is 2.90. The van der Waals surface area contributed by atoms with Gasteiger partial charge in [-0.1, -0.05) is 35.5 Å². The van der Waals surface area contributed by atoms with Crippen LogP contribution in [-0.2, 0) is 0 Å². The molecule has 0 unspecified atom stereocenters. The van der Waals surface area contributed by atoms with Crippen LogP contribution in [0, 0.1) is 6.92 Å². The number of nitrogens with zero attached hydrogens (tertiary/aromatic N) is 4. The van der Waals surface area contributed by atoms with Crippen molar-refractivity contribution in [1.29, 1.82) is 0 Å². The van der Waals surface area contributed by atoms with Gasteiger partial charge < -0.3 is 0 Å². The summed E-state index contributed by atoms with van der Waals surface area (Å²) in [5, 5.41) is 10.8. The Kier molecular flexibility index (Phi) is 3.15. The van der Waals surface area contributed by atoms with Gasteiger partial charge in [-0.2, -0.15) is 4.68 Å². The Bertz CT molecular complexity index is 761. The zero-order valence-corrected chi connectivity index (χ0v) is 11.9. The summed E-state index contributed by atoms with van der Waals surface area (Å²) >= 11 is 1.47. The van der Waals surface area contributed by atoms with Crippen molar-refractivity contribution < 1.29 is 4.79 Å². The zero-order valence-electron chi connectivity index (χ0n) is 11.1. The normalized spacial score (nSPS) is 10.7. The van der Waals surface area contributed by atoms with Crippen LogP contribution in [0.25, 0.3) is 16.4 Å². The molecule has 0 saturated carbocycles. The standard InChI is InChI=1S/C14H12N4OS/c1-9-8-20-14(15-9)18-13(11-6-4-3-5-7-11)12(10(2)19)16-17-18/h3-8H,1-2H3. The monoisotopic (exact) mass is 284 g/mol. The number of ketones is 1. The van der Waals surface area contributed by atoms with E-state index in [1.807, 2.05) is 42.6 Å². The Hall–Kier alpha value is -2.34. The van der Waals surface area contributed by atoms with Crippen molar-refractivity contribution in [3.63, 3.8) is 0 Å². The minimum absolute atomic E-state index is 0.108. The number of hydrogen-bond acceptors (Lipinski definition) is 5. The first-order chi connectivity index (χ1) is 9.66. The lowest BCUT2D eigenvalue weighted by atomic mass is 10.1. The lowest BCUT2D eigenvalue weighted by Crippen LogP contribution is -2.01. The molecule has 0 fully saturated rings. The Morgan fingerprint density at radius 3 is 2.60 bits per heavy atom. The molecule has 0 spiro atoms. The van der Waals surface area contributed by atoms with E-state index in [-0.39, 0.29) is 5.78 Å². The molecule has 3 aromatic rings. The fourth-order valence-electron chi connectivity index (χ4n) is 1.95. The van der Waals surface area contributed by atoms with Crippen LogP contribution in [0.2, 0.25) is 0 Å². The Balaban J connectivity index is 2.24. The number of carbonyl (C=O) groups excluding carboxylic acids is 1. The van der Waals surface area contributed by atoms with Crippen LogP contribution in [0.1, 0.15) is 23.1 Å². The maximum absolute atomic E-state index is 11.8. The van der Waals surface area contributed by atoms with E-state index < -0.39 is 0 Å². The summed E-state index contributed by atoms with van der Waals surface area (Å²) in [4.78, 5) is 16.2. The van der Waals surface area contributed by atoms with Crippen molar-refractivity contribution >= 4 is 17.1 Å². The first-order valence-electron chi connectivity index (χ1n) is 6.11. The molecule has 0 aliphatic carbocycles. The summed E-state index contributed by atoms with van der Waals surface area (Å²) in [6.45, 7) is 3.42. The van der Waals surface area contributed by atoms with Gasteiger partial charge in [0.1, 0.15) is 5.69 Å². The van der Waals surface area contributed by atoms with Gasteiger partial charge in [0, 0.05) is 17.9 Å². The number of aryl methyl sites for hydroxylation is 1. The molecule has 0 aliphatic rings. The molecule has 2 heterocycles. The number of aromatic nitrogens is 4. The van der Waals surface area contributed by atoms with Gasteiger partial charge in [-0.15, -0.1) is 16.4 Å². The maximum atomic E-state index is 11.8. The molecular formula is C14H12N4OS. The molecule has 5 nitrogen and oxygen atoms in total. The molecule has 0 aliphatic heterocycles. The maximum Gasteiger partial charge on any atom is 0.212 e. The number of hydrogen-bond donors (Lipinski definition) is 0. The second-order valence-corrected chi connectivity index (χ2v) is 5.23. The van der Waals surface area contributed by atoms with Crippen LogP contribution in [-0.4, -0.2) is 25.8 Å². The highest BCUT2D eigenvalue weighted by molar-refractivity contribution is 7.12. The zero-order chi connectivity index (χ0) is 14.1. The number of benzene rings is 1. The number of carbonyl (C=O) groups is 1. The molecule has 0 atom stereocenters. The number of Topliss-reactive ketones (excluding diaryl/α,β-unsaturated/α-hetero) is 1. The Morgan fingerprint density at radius 2 is 2.00 bits per heavy atom. The van der Waals surface area contributed by atoms with E-state index >= 15 is 0 Å². The summed E-state index contributed by atoms with van der Waals surface area (Å²) in [5.41, 5.74) is 2.87. The summed E-state index contributed by atoms with van der Waals surface area (Å²) in [6, 6.07) is 9.64. The van der Waals surface area contributed by atoms with Crippen molar-refractivity contribution in [1.82, 2.24) is 20.0 Å². The van der Waals surface area contributed by atoms with E-state index in [1.165, 1.54) is 18.3 Å². The third kappa shape index (κ3) is 2.14. The van der Waals surface area contributed by atoms with Gasteiger partial charge in [0.05, 0.1) is 5.69 Å². The Labute approximate surface area is 119 Å². The lowest BCUT2D eigenvalue weighted by Gasteiger charge is -2.04. The van der Waals surface area contributed by atoms with Gasteiger partial charge in [-0.05, 0) is 6.92 Å². The molecule has 0 radical (unpaired) electrons. The van der Waals surface area contributed by atoms with E-state index in [4.69, 9.17) is 0 Å². The van der Waals surface area contributed by atoms with Gasteiger partial charge in [0.2, 0.25) is 5.13 Å². The fourth-order valence-corrected chi connectivity index (χ4v) is 2.70. The Morgan fingerprint density at radius 1 is 1.25 bits per heavy atom. The van der Waals surface area contributed by atoms with Crippen molar-refractivity contribution in [3.8, 4) is 16.4 Å². The molecule has 2 aromatic heterocycles. The number of rotatable bonds is 3. The molecular weight excluding hydrogens is 272 g/mol. The molecule has 3 rings (SSSR count). The van der Waals surface area contributed by atoms with Crippen molar-refractivity contribution in [2.45, 2.75) is 13.8 Å². The largest absolute Gasteiger partial charge is 0.293 e. The highest BCUT2D eigenvalue weighted by atomic mass is 32.1. The van der Waals surface area contributed by atoms with Gasteiger partial charge in [0.25, 0.3) is 0 Å². The highest BCUT2D eigenvalue weighted by Gasteiger charge is 2.20. The molecule has 20 heavy (non-hydrogen) atoms. The molecule has 0 bridgehead atoms. The highest BCUT2D eigenvalue weighted by Crippen LogP contribution is 2.26. The summed E-state index contributed by atoms with van der Waals surface area (Å²) in [6.07, 6.45) is 0. The van der Waals surface area contributed by atoms with Crippen LogP contribution in [0.3, 0.4) is 0 Å². The van der Waals surface area contributed by atoms with E-state index in [0.717, 1.165) is 11.3 Å². The molecule has 0 amide bonds. The first-order valence-corrected chi connectivity index (χ1v) is 6.99. The average molecular weight is 284 g/mol.